The number of fused-ring (bicyclic) bond motifs is 1. The van der Waals surface area contributed by atoms with Gasteiger partial charge in [-0.15, -0.1) is 0 Å². The molecule has 170 valence electrons. The number of nitrogens with two attached hydrogens (primary N) is 1. The van der Waals surface area contributed by atoms with Crippen molar-refractivity contribution >= 4 is 28.3 Å². The van der Waals surface area contributed by atoms with Crippen molar-refractivity contribution in [2.75, 3.05) is 10.6 Å². The lowest BCUT2D eigenvalue weighted by Crippen LogP contribution is -2.20. The third-order valence-corrected chi connectivity index (χ3v) is 5.00. The molecule has 10 heteroatoms. The van der Waals surface area contributed by atoms with Gasteiger partial charge in [-0.1, -0.05) is 30.3 Å². The summed E-state index contributed by atoms with van der Waals surface area (Å²) >= 11 is 0. The fourth-order valence-corrected chi connectivity index (χ4v) is 3.50. The number of aromatic nitrogens is 1. The van der Waals surface area contributed by atoms with E-state index in [9.17, 15) is 27.5 Å². The molecule has 1 aromatic heterocycles. The molecule has 0 saturated carbocycles. The average Bonchev–Trinajstić information content (AvgIpc) is 3.15. The first kappa shape index (κ1) is 22.3. The second-order valence-corrected chi connectivity index (χ2v) is 7.25. The van der Waals surface area contributed by atoms with Gasteiger partial charge in [-0.2, -0.15) is 13.2 Å². The van der Waals surface area contributed by atoms with E-state index in [1.165, 1.54) is 0 Å². The van der Waals surface area contributed by atoms with Gasteiger partial charge in [-0.05, 0) is 42.0 Å². The fourth-order valence-electron chi connectivity index (χ4n) is 3.50. The third-order valence-electron chi connectivity index (χ3n) is 5.00. The first-order chi connectivity index (χ1) is 15.6. The van der Waals surface area contributed by atoms with Gasteiger partial charge >= 0.3 is 12.2 Å². The molecule has 6 nitrogen and oxygen atoms in total. The monoisotopic (exact) mass is 458 g/mol. The van der Waals surface area contributed by atoms with E-state index in [-0.39, 0.29) is 0 Å². The molecule has 1 heterocycles. The number of carbonyl (C=O) groups is 1. The van der Waals surface area contributed by atoms with Crippen molar-refractivity contribution in [3.8, 4) is 11.1 Å². The number of H-pyrrole nitrogens is 1. The second kappa shape index (κ2) is 8.57. The Kier molecular flexibility index (Phi) is 5.79. The zero-order valence-corrected chi connectivity index (χ0v) is 16.9. The Bertz CT molecular complexity index is 1310. The Hall–Kier alpha value is -3.89. The van der Waals surface area contributed by atoms with Gasteiger partial charge in [0.2, 0.25) is 0 Å². The Morgan fingerprint density at radius 2 is 1.70 bits per heavy atom. The fraction of sp³-hybridized carbons (Fsp3) is 0.0870. The van der Waals surface area contributed by atoms with Crippen LogP contribution in [-0.2, 0) is 6.18 Å². The largest absolute Gasteiger partial charge is 0.416 e. The highest BCUT2D eigenvalue weighted by Crippen LogP contribution is 2.35. The van der Waals surface area contributed by atoms with Crippen LogP contribution in [-0.4, -0.2) is 16.1 Å². The molecule has 0 aliphatic rings. The van der Waals surface area contributed by atoms with E-state index in [4.69, 9.17) is 5.73 Å². The van der Waals surface area contributed by atoms with E-state index in [0.717, 1.165) is 10.9 Å². The molecule has 0 aliphatic carbocycles. The molecule has 6 N–H and O–H groups in total. The summed E-state index contributed by atoms with van der Waals surface area (Å²) in [5.41, 5.74) is 6.95. The summed E-state index contributed by atoms with van der Waals surface area (Å²) < 4.78 is 52.4. The Morgan fingerprint density at radius 1 is 1.00 bits per heavy atom. The van der Waals surface area contributed by atoms with Crippen molar-refractivity contribution in [1.29, 1.82) is 0 Å². The van der Waals surface area contributed by atoms with E-state index in [1.54, 1.807) is 24.3 Å². The predicted molar refractivity (Wildman–Crippen MR) is 117 cm³/mol. The molecule has 0 fully saturated rings. The number of hydrogen-bond donors (Lipinski definition) is 5. The molecule has 0 bridgehead atoms. The van der Waals surface area contributed by atoms with Crippen molar-refractivity contribution in [1.82, 2.24) is 4.98 Å². The van der Waals surface area contributed by atoms with Crippen LogP contribution in [0.15, 0.2) is 66.7 Å². The zero-order chi connectivity index (χ0) is 23.8. The molecule has 0 saturated heterocycles. The predicted octanol–water partition coefficient (Wildman–Crippen LogP) is 5.59. The number of anilines is 2. The molecule has 1 unspecified atom stereocenters. The van der Waals surface area contributed by atoms with Crippen LogP contribution in [0.5, 0.6) is 0 Å². The maximum atomic E-state index is 13.9. The molecule has 1 atom stereocenters. The summed E-state index contributed by atoms with van der Waals surface area (Å²) in [4.78, 5) is 15.3. The number of alkyl halides is 3. The van der Waals surface area contributed by atoms with E-state index < -0.39 is 35.5 Å². The van der Waals surface area contributed by atoms with Crippen molar-refractivity contribution in [3.05, 3.63) is 83.8 Å². The van der Waals surface area contributed by atoms with Gasteiger partial charge in [-0.25, -0.2) is 9.18 Å². The molecule has 33 heavy (non-hydrogen) atoms. The number of halogens is 4. The van der Waals surface area contributed by atoms with Crippen LogP contribution in [0.1, 0.15) is 17.5 Å². The number of amides is 2. The number of aliphatic hydroxyl groups is 1. The normalized spacial score (nSPS) is 12.5. The number of para-hydroxylation sites is 1. The number of nitrogens with one attached hydrogen (secondary N) is 3. The number of hydrogen-bond acceptors (Lipinski definition) is 3. The molecular weight excluding hydrogens is 440 g/mol. The first-order valence-electron chi connectivity index (χ1n) is 9.73. The molecule has 4 rings (SSSR count). The van der Waals surface area contributed by atoms with Gasteiger partial charge in [0.05, 0.1) is 16.9 Å². The number of benzene rings is 3. The SMILES string of the molecule is NC(O)c1[nH]c2ccccc2c1-c1ccc(NC(=O)Nc2cc(C(F)(F)F)ccc2F)cc1. The summed E-state index contributed by atoms with van der Waals surface area (Å²) in [6.45, 7) is 0. The molecule has 2 amide bonds. The van der Waals surface area contributed by atoms with Gasteiger partial charge in [-0.3, -0.25) is 0 Å². The van der Waals surface area contributed by atoms with Crippen LogP contribution in [0.25, 0.3) is 22.0 Å². The first-order valence-corrected chi connectivity index (χ1v) is 9.73. The standard InChI is InChI=1S/C23H18F4N4O2/c24-16-10-7-13(23(25,26)27)11-18(16)31-22(33)29-14-8-5-12(6-9-14)19-15-3-1-2-4-17(15)30-20(19)21(28)32/h1-11,21,30,32H,28H2,(H2,29,31,33). The Morgan fingerprint density at radius 3 is 2.36 bits per heavy atom. The minimum absolute atomic E-state index is 0.318. The summed E-state index contributed by atoms with van der Waals surface area (Å²) in [5, 5.41) is 15.3. The van der Waals surface area contributed by atoms with E-state index in [0.29, 0.717) is 40.7 Å². The lowest BCUT2D eigenvalue weighted by molar-refractivity contribution is -0.137. The number of urea groups is 1. The summed E-state index contributed by atoms with van der Waals surface area (Å²) in [7, 11) is 0. The van der Waals surface area contributed by atoms with Crippen LogP contribution in [0.2, 0.25) is 0 Å². The number of rotatable bonds is 4. The minimum atomic E-state index is -4.67. The molecule has 0 aliphatic heterocycles. The molecule has 3 aromatic carbocycles. The highest BCUT2D eigenvalue weighted by Gasteiger charge is 2.31. The van der Waals surface area contributed by atoms with E-state index in [2.05, 4.69) is 15.6 Å². The van der Waals surface area contributed by atoms with Crippen molar-refractivity contribution in [2.45, 2.75) is 12.4 Å². The van der Waals surface area contributed by atoms with Crippen LogP contribution in [0.4, 0.5) is 33.7 Å². The molecule has 0 spiro atoms. The minimum Gasteiger partial charge on any atom is -0.373 e. The summed E-state index contributed by atoms with van der Waals surface area (Å²) in [6, 6.07) is 14.7. The molecule has 0 radical (unpaired) electrons. The highest BCUT2D eigenvalue weighted by atomic mass is 19.4. The maximum Gasteiger partial charge on any atom is 0.416 e. The zero-order valence-electron chi connectivity index (χ0n) is 16.9. The van der Waals surface area contributed by atoms with Gasteiger partial charge in [0.1, 0.15) is 12.0 Å². The Balaban J connectivity index is 1.54. The lowest BCUT2D eigenvalue weighted by atomic mass is 10.0. The summed E-state index contributed by atoms with van der Waals surface area (Å²) in [5.74, 6) is -0.999. The highest BCUT2D eigenvalue weighted by molar-refractivity contribution is 6.01. The van der Waals surface area contributed by atoms with Gasteiger partial charge in [0.15, 0.2) is 0 Å². The molecule has 4 aromatic rings. The smallest absolute Gasteiger partial charge is 0.373 e. The average molecular weight is 458 g/mol. The number of aromatic amines is 1. The Labute approximate surface area is 185 Å². The second-order valence-electron chi connectivity index (χ2n) is 7.25. The topological polar surface area (TPSA) is 103 Å². The van der Waals surface area contributed by atoms with Gasteiger partial charge in [0, 0.05) is 22.2 Å². The number of aliphatic hydroxyl groups excluding tert-OH is 1. The summed E-state index contributed by atoms with van der Waals surface area (Å²) in [6.07, 6.45) is -5.91. The maximum absolute atomic E-state index is 13.9. The third kappa shape index (κ3) is 4.66. The van der Waals surface area contributed by atoms with E-state index in [1.807, 2.05) is 24.3 Å². The lowest BCUT2D eigenvalue weighted by Gasteiger charge is -2.12. The molecular formula is C23H18F4N4O2. The van der Waals surface area contributed by atoms with Crippen LogP contribution in [0, 0.1) is 5.82 Å². The van der Waals surface area contributed by atoms with Crippen LogP contribution in [0.3, 0.4) is 0 Å². The van der Waals surface area contributed by atoms with Crippen molar-refractivity contribution in [3.63, 3.8) is 0 Å². The van der Waals surface area contributed by atoms with E-state index >= 15 is 0 Å². The quantitative estimate of drug-likeness (QED) is 0.204. The number of carbonyl (C=O) groups excluding carboxylic acids is 1. The van der Waals surface area contributed by atoms with Crippen molar-refractivity contribution in [2.24, 2.45) is 5.73 Å². The van der Waals surface area contributed by atoms with Gasteiger partial charge in [0.25, 0.3) is 0 Å². The van der Waals surface area contributed by atoms with Crippen LogP contribution >= 0.6 is 0 Å². The van der Waals surface area contributed by atoms with Crippen LogP contribution < -0.4 is 16.4 Å². The van der Waals surface area contributed by atoms with Crippen molar-refractivity contribution < 1.29 is 27.5 Å². The van der Waals surface area contributed by atoms with Gasteiger partial charge < -0.3 is 26.5 Å².